The van der Waals surface area contributed by atoms with Gasteiger partial charge in [0.05, 0.1) is 11.6 Å². The van der Waals surface area contributed by atoms with Gasteiger partial charge in [-0.2, -0.15) is 0 Å². The van der Waals surface area contributed by atoms with E-state index in [1.165, 1.54) is 16.7 Å². The second-order valence-electron chi connectivity index (χ2n) is 5.24. The molecule has 0 amide bonds. The molecule has 0 saturated heterocycles. The number of benzene rings is 1. The molecule has 1 aromatic rings. The molecule has 2 atom stereocenters. The Kier molecular flexibility index (Phi) is 5.36. The quantitative estimate of drug-likeness (QED) is 0.828. The van der Waals surface area contributed by atoms with Crippen molar-refractivity contribution < 1.29 is 4.74 Å². The number of hydrogen-bond acceptors (Lipinski definition) is 2. The van der Waals surface area contributed by atoms with E-state index in [1.54, 1.807) is 0 Å². The zero-order valence-electron chi connectivity index (χ0n) is 12.6. The topological polar surface area (TPSA) is 21.3 Å². The Morgan fingerprint density at radius 2 is 1.72 bits per heavy atom. The van der Waals surface area contributed by atoms with Gasteiger partial charge < -0.3 is 10.1 Å². The first-order valence-electron chi connectivity index (χ1n) is 6.86. The molecule has 0 fully saturated rings. The molecule has 18 heavy (non-hydrogen) atoms. The van der Waals surface area contributed by atoms with Crippen molar-refractivity contribution in [3.05, 3.63) is 34.9 Å². The summed E-state index contributed by atoms with van der Waals surface area (Å²) in [7, 11) is 2.01. The maximum Gasteiger partial charge on any atom is 0.0845 e. The summed E-state index contributed by atoms with van der Waals surface area (Å²) in [6.45, 7) is 11.5. The third-order valence-corrected chi connectivity index (χ3v) is 3.65. The molecule has 0 aliphatic carbocycles. The van der Waals surface area contributed by atoms with Crippen LogP contribution >= 0.6 is 0 Å². The molecule has 102 valence electrons. The molecule has 2 unspecified atom stereocenters. The van der Waals surface area contributed by atoms with Crippen LogP contribution in [0.4, 0.5) is 0 Å². The largest absolute Gasteiger partial charge is 0.374 e. The van der Waals surface area contributed by atoms with Crippen molar-refractivity contribution in [3.8, 4) is 0 Å². The molecule has 0 aromatic heterocycles. The lowest BCUT2D eigenvalue weighted by Gasteiger charge is -2.37. The van der Waals surface area contributed by atoms with Crippen molar-refractivity contribution >= 4 is 0 Å². The number of likely N-dealkylation sites (N-methyl/N-ethyl adjacent to an activating group) is 1. The van der Waals surface area contributed by atoms with Crippen molar-refractivity contribution in [2.45, 2.75) is 52.7 Å². The lowest BCUT2D eigenvalue weighted by molar-refractivity contribution is -0.0547. The maximum absolute atomic E-state index is 6.00. The van der Waals surface area contributed by atoms with Crippen molar-refractivity contribution in [3.63, 3.8) is 0 Å². The fraction of sp³-hybridized carbons (Fsp3) is 0.625. The van der Waals surface area contributed by atoms with Gasteiger partial charge in [0.1, 0.15) is 0 Å². The van der Waals surface area contributed by atoms with Crippen molar-refractivity contribution in [2.75, 3.05) is 13.7 Å². The minimum atomic E-state index is -0.163. The Balaban J connectivity index is 3.14. The van der Waals surface area contributed by atoms with Gasteiger partial charge in [0.25, 0.3) is 0 Å². The van der Waals surface area contributed by atoms with Gasteiger partial charge in [0, 0.05) is 6.61 Å². The molecule has 0 spiro atoms. The second-order valence-corrected chi connectivity index (χ2v) is 5.24. The van der Waals surface area contributed by atoms with E-state index in [0.717, 1.165) is 13.0 Å². The summed E-state index contributed by atoms with van der Waals surface area (Å²) in [5.74, 6) is 0. The average molecular weight is 249 g/mol. The molecule has 0 radical (unpaired) electrons. The zero-order valence-corrected chi connectivity index (χ0v) is 12.6. The van der Waals surface area contributed by atoms with E-state index in [1.807, 2.05) is 7.05 Å². The minimum absolute atomic E-state index is 0.163. The van der Waals surface area contributed by atoms with E-state index in [2.05, 4.69) is 58.1 Å². The van der Waals surface area contributed by atoms with Gasteiger partial charge in [-0.3, -0.25) is 0 Å². The second kappa shape index (κ2) is 6.35. The number of ether oxygens (including phenoxy) is 1. The number of rotatable bonds is 6. The van der Waals surface area contributed by atoms with Crippen molar-refractivity contribution in [2.24, 2.45) is 0 Å². The molecule has 0 heterocycles. The first kappa shape index (κ1) is 15.2. The van der Waals surface area contributed by atoms with Crippen LogP contribution in [0.15, 0.2) is 18.2 Å². The lowest BCUT2D eigenvalue weighted by atomic mass is 9.86. The third-order valence-electron chi connectivity index (χ3n) is 3.65. The highest BCUT2D eigenvalue weighted by atomic mass is 16.5. The van der Waals surface area contributed by atoms with Crippen LogP contribution in [0.1, 0.15) is 49.9 Å². The van der Waals surface area contributed by atoms with Crippen LogP contribution in [-0.2, 0) is 4.74 Å². The summed E-state index contributed by atoms with van der Waals surface area (Å²) in [5.41, 5.74) is 3.76. The highest BCUT2D eigenvalue weighted by Crippen LogP contribution is 2.32. The van der Waals surface area contributed by atoms with Gasteiger partial charge in [-0.25, -0.2) is 0 Å². The van der Waals surface area contributed by atoms with Gasteiger partial charge in [0.15, 0.2) is 0 Å². The Bertz CT molecular complexity index is 368. The molecule has 1 aromatic carbocycles. The van der Waals surface area contributed by atoms with Crippen LogP contribution in [0.5, 0.6) is 0 Å². The monoisotopic (exact) mass is 249 g/mol. The minimum Gasteiger partial charge on any atom is -0.374 e. The molecule has 0 aliphatic rings. The summed E-state index contributed by atoms with van der Waals surface area (Å²) in [6, 6.07) is 6.93. The molecule has 1 rings (SSSR count). The first-order chi connectivity index (χ1) is 8.46. The molecule has 2 nitrogen and oxygen atoms in total. The lowest BCUT2D eigenvalue weighted by Crippen LogP contribution is -2.42. The van der Waals surface area contributed by atoms with Crippen LogP contribution < -0.4 is 5.32 Å². The summed E-state index contributed by atoms with van der Waals surface area (Å²) >= 11 is 0. The predicted molar refractivity (Wildman–Crippen MR) is 78.0 cm³/mol. The number of hydrogen-bond donors (Lipinski definition) is 1. The normalized spacial score (nSPS) is 16.3. The van der Waals surface area contributed by atoms with Gasteiger partial charge in [0.2, 0.25) is 0 Å². The van der Waals surface area contributed by atoms with Gasteiger partial charge >= 0.3 is 0 Å². The van der Waals surface area contributed by atoms with Crippen LogP contribution in [0.25, 0.3) is 0 Å². The molecular formula is C16H27NO. The SMILES string of the molecule is CCOC(C)(CC)C(NC)c1cc(C)cc(C)c1. The van der Waals surface area contributed by atoms with Crippen LogP contribution in [0.3, 0.4) is 0 Å². The van der Waals surface area contributed by atoms with E-state index in [0.29, 0.717) is 0 Å². The van der Waals surface area contributed by atoms with E-state index in [-0.39, 0.29) is 11.6 Å². The highest BCUT2D eigenvalue weighted by molar-refractivity contribution is 5.32. The third kappa shape index (κ3) is 3.33. The molecule has 2 heteroatoms. The van der Waals surface area contributed by atoms with Crippen LogP contribution in [0.2, 0.25) is 0 Å². The first-order valence-corrected chi connectivity index (χ1v) is 6.86. The van der Waals surface area contributed by atoms with E-state index >= 15 is 0 Å². The molecule has 1 N–H and O–H groups in total. The zero-order chi connectivity index (χ0) is 13.8. The Labute approximate surface area is 112 Å². The van der Waals surface area contributed by atoms with Crippen LogP contribution in [0, 0.1) is 13.8 Å². The van der Waals surface area contributed by atoms with Gasteiger partial charge in [-0.1, -0.05) is 36.2 Å². The smallest absolute Gasteiger partial charge is 0.0845 e. The fourth-order valence-corrected chi connectivity index (χ4v) is 2.72. The van der Waals surface area contributed by atoms with Crippen LogP contribution in [-0.4, -0.2) is 19.3 Å². The average Bonchev–Trinajstić information content (AvgIpc) is 2.29. The molecule has 0 bridgehead atoms. The summed E-state index contributed by atoms with van der Waals surface area (Å²) in [4.78, 5) is 0. The fourth-order valence-electron chi connectivity index (χ4n) is 2.72. The molecule has 0 saturated carbocycles. The van der Waals surface area contributed by atoms with Crippen molar-refractivity contribution in [1.82, 2.24) is 5.32 Å². The molecule has 0 aliphatic heterocycles. The molecular weight excluding hydrogens is 222 g/mol. The maximum atomic E-state index is 6.00. The van der Waals surface area contributed by atoms with Crippen molar-refractivity contribution in [1.29, 1.82) is 0 Å². The highest BCUT2D eigenvalue weighted by Gasteiger charge is 2.33. The summed E-state index contributed by atoms with van der Waals surface area (Å²) in [6.07, 6.45) is 0.985. The van der Waals surface area contributed by atoms with E-state index in [4.69, 9.17) is 4.74 Å². The van der Waals surface area contributed by atoms with Gasteiger partial charge in [-0.05, 0) is 46.7 Å². The number of nitrogens with one attached hydrogen (secondary N) is 1. The van der Waals surface area contributed by atoms with Gasteiger partial charge in [-0.15, -0.1) is 0 Å². The Hall–Kier alpha value is -0.860. The Morgan fingerprint density at radius 1 is 1.17 bits per heavy atom. The predicted octanol–water partition coefficient (Wildman–Crippen LogP) is 3.77. The number of aryl methyl sites for hydroxylation is 2. The standard InChI is InChI=1S/C16H27NO/c1-7-16(5,18-8-2)15(17-6)14-10-12(3)9-13(4)11-14/h9-11,15,17H,7-8H2,1-6H3. The summed E-state index contributed by atoms with van der Waals surface area (Å²) in [5, 5.41) is 3.42. The van der Waals surface area contributed by atoms with E-state index in [9.17, 15) is 0 Å². The van der Waals surface area contributed by atoms with E-state index < -0.39 is 0 Å². The summed E-state index contributed by atoms with van der Waals surface area (Å²) < 4.78 is 6.00. The Morgan fingerprint density at radius 3 is 2.11 bits per heavy atom.